The first-order chi connectivity index (χ1) is 9.94. The topological polar surface area (TPSA) is 50.4 Å². The molecule has 1 amide bonds. The maximum atomic E-state index is 11.5. The molecule has 1 heterocycles. The van der Waals surface area contributed by atoms with Gasteiger partial charge in [0.15, 0.2) is 0 Å². The van der Waals surface area contributed by atoms with Crippen molar-refractivity contribution < 1.29 is 9.53 Å². The van der Waals surface area contributed by atoms with Gasteiger partial charge in [0, 0.05) is 18.8 Å². The predicted octanol–water partition coefficient (Wildman–Crippen LogP) is 3.58. The van der Waals surface area contributed by atoms with Crippen molar-refractivity contribution in [1.29, 1.82) is 0 Å². The van der Waals surface area contributed by atoms with E-state index in [1.807, 2.05) is 20.8 Å². The van der Waals surface area contributed by atoms with Crippen LogP contribution in [0.1, 0.15) is 38.3 Å². The Bertz CT molecular complexity index is 530. The Hall–Kier alpha value is -1.97. The zero-order valence-corrected chi connectivity index (χ0v) is 13.0. The highest BCUT2D eigenvalue weighted by Gasteiger charge is 2.15. The van der Waals surface area contributed by atoms with Crippen LogP contribution in [0.2, 0.25) is 0 Å². The Labute approximate surface area is 126 Å². The fraction of sp³-hybridized carbons (Fsp3) is 0.471. The van der Waals surface area contributed by atoms with Crippen LogP contribution in [0.15, 0.2) is 24.3 Å². The monoisotopic (exact) mass is 288 g/mol. The molecule has 0 fully saturated rings. The molecule has 4 heteroatoms. The van der Waals surface area contributed by atoms with Gasteiger partial charge in [0.2, 0.25) is 0 Å². The van der Waals surface area contributed by atoms with Gasteiger partial charge in [-0.3, -0.25) is 0 Å². The van der Waals surface area contributed by atoms with Crippen LogP contribution in [-0.4, -0.2) is 24.8 Å². The number of nitrogens with one attached hydrogen (secondary N) is 2. The second-order valence-electron chi connectivity index (χ2n) is 6.21. The van der Waals surface area contributed by atoms with E-state index in [4.69, 9.17) is 4.74 Å². The summed E-state index contributed by atoms with van der Waals surface area (Å²) in [6.07, 6.45) is 5.68. The highest BCUT2D eigenvalue weighted by Crippen LogP contribution is 2.23. The number of hydrogen-bond acceptors (Lipinski definition) is 3. The zero-order valence-electron chi connectivity index (χ0n) is 13.0. The lowest BCUT2D eigenvalue weighted by molar-refractivity contribution is 0.0529. The van der Waals surface area contributed by atoms with E-state index in [-0.39, 0.29) is 6.09 Å². The highest BCUT2D eigenvalue weighted by molar-refractivity contribution is 5.67. The van der Waals surface area contributed by atoms with Crippen LogP contribution in [0, 0.1) is 0 Å². The van der Waals surface area contributed by atoms with Crippen LogP contribution in [-0.2, 0) is 11.2 Å². The van der Waals surface area contributed by atoms with Gasteiger partial charge in [0.1, 0.15) is 5.60 Å². The van der Waals surface area contributed by atoms with Crippen molar-refractivity contribution in [3.05, 3.63) is 35.4 Å². The Morgan fingerprint density at radius 1 is 1.43 bits per heavy atom. The van der Waals surface area contributed by atoms with Gasteiger partial charge in [-0.15, -0.1) is 0 Å². The third kappa shape index (κ3) is 5.14. The Morgan fingerprint density at radius 3 is 3.00 bits per heavy atom. The van der Waals surface area contributed by atoms with Crippen molar-refractivity contribution in [2.45, 2.75) is 39.2 Å². The van der Waals surface area contributed by atoms with Crippen molar-refractivity contribution in [3.8, 4) is 0 Å². The lowest BCUT2D eigenvalue weighted by atomic mass is 10.1. The number of carbonyl (C=O) groups is 1. The summed E-state index contributed by atoms with van der Waals surface area (Å²) in [4.78, 5) is 11.5. The van der Waals surface area contributed by atoms with Crippen LogP contribution < -0.4 is 10.6 Å². The van der Waals surface area contributed by atoms with Gasteiger partial charge in [0.25, 0.3) is 0 Å². The minimum Gasteiger partial charge on any atom is -0.444 e. The average Bonchev–Trinajstić information content (AvgIpc) is 2.83. The highest BCUT2D eigenvalue weighted by atomic mass is 16.6. The quantitative estimate of drug-likeness (QED) is 0.833. The molecule has 2 rings (SSSR count). The second-order valence-corrected chi connectivity index (χ2v) is 6.21. The largest absolute Gasteiger partial charge is 0.444 e. The third-order valence-electron chi connectivity index (χ3n) is 3.13. The Kier molecular flexibility index (Phi) is 4.89. The maximum absolute atomic E-state index is 11.5. The smallest absolute Gasteiger partial charge is 0.407 e. The Morgan fingerprint density at radius 2 is 2.24 bits per heavy atom. The van der Waals surface area contributed by atoms with E-state index in [1.165, 1.54) is 16.8 Å². The standard InChI is InChI=1S/C17H24N2O2/c1-17(2,3)21-16(20)19-10-5-4-6-13-7-8-15-14(12-13)9-11-18-15/h4,6-8,12,18H,5,9-11H2,1-3H3,(H,19,20). The van der Waals surface area contributed by atoms with Gasteiger partial charge in [-0.2, -0.15) is 0 Å². The number of carbonyl (C=O) groups excluding carboxylic acids is 1. The fourth-order valence-electron chi connectivity index (χ4n) is 2.22. The number of anilines is 1. The van der Waals surface area contributed by atoms with E-state index in [0.29, 0.717) is 6.54 Å². The molecule has 1 aliphatic heterocycles. The van der Waals surface area contributed by atoms with E-state index in [9.17, 15) is 4.79 Å². The van der Waals surface area contributed by atoms with Gasteiger partial charge in [-0.1, -0.05) is 18.2 Å². The third-order valence-corrected chi connectivity index (χ3v) is 3.13. The molecule has 0 spiro atoms. The van der Waals surface area contributed by atoms with Crippen molar-refractivity contribution >= 4 is 17.9 Å². The molecule has 0 bridgehead atoms. The SMILES string of the molecule is CC(C)(C)OC(=O)NCCC=Cc1ccc2c(c1)CCN2. The number of benzene rings is 1. The lowest BCUT2D eigenvalue weighted by Crippen LogP contribution is -2.32. The van der Waals surface area contributed by atoms with E-state index in [1.54, 1.807) is 0 Å². The number of alkyl carbamates (subject to hydrolysis) is 1. The molecule has 0 atom stereocenters. The molecular weight excluding hydrogens is 264 g/mol. The molecule has 114 valence electrons. The summed E-state index contributed by atoms with van der Waals surface area (Å²) in [5, 5.41) is 6.09. The van der Waals surface area contributed by atoms with E-state index in [0.717, 1.165) is 19.4 Å². The molecule has 0 saturated heterocycles. The summed E-state index contributed by atoms with van der Waals surface area (Å²) < 4.78 is 5.17. The van der Waals surface area contributed by atoms with E-state index in [2.05, 4.69) is 41.0 Å². The van der Waals surface area contributed by atoms with Crippen LogP contribution >= 0.6 is 0 Å². The van der Waals surface area contributed by atoms with Gasteiger partial charge in [-0.25, -0.2) is 4.79 Å². The normalized spacial score (nSPS) is 13.9. The minimum absolute atomic E-state index is 0.362. The maximum Gasteiger partial charge on any atom is 0.407 e. The molecule has 4 nitrogen and oxygen atoms in total. The molecule has 0 radical (unpaired) electrons. The fourth-order valence-corrected chi connectivity index (χ4v) is 2.22. The molecule has 2 N–H and O–H groups in total. The molecule has 1 aliphatic rings. The van der Waals surface area contributed by atoms with Crippen LogP contribution in [0.5, 0.6) is 0 Å². The number of amides is 1. The zero-order chi connectivity index (χ0) is 15.3. The number of ether oxygens (including phenoxy) is 1. The molecule has 0 unspecified atom stereocenters. The number of rotatable bonds is 4. The number of fused-ring (bicyclic) bond motifs is 1. The van der Waals surface area contributed by atoms with E-state index < -0.39 is 5.60 Å². The molecule has 0 aromatic heterocycles. The molecular formula is C17H24N2O2. The molecule has 1 aromatic carbocycles. The summed E-state index contributed by atoms with van der Waals surface area (Å²) >= 11 is 0. The summed E-state index contributed by atoms with van der Waals surface area (Å²) in [5.74, 6) is 0. The molecule has 0 aliphatic carbocycles. The summed E-state index contributed by atoms with van der Waals surface area (Å²) in [5.41, 5.74) is 3.38. The van der Waals surface area contributed by atoms with Gasteiger partial charge < -0.3 is 15.4 Å². The molecule has 21 heavy (non-hydrogen) atoms. The van der Waals surface area contributed by atoms with Crippen LogP contribution in [0.4, 0.5) is 10.5 Å². The first kappa shape index (κ1) is 15.4. The first-order valence-corrected chi connectivity index (χ1v) is 7.44. The molecule has 1 aromatic rings. The van der Waals surface area contributed by atoms with Gasteiger partial charge >= 0.3 is 6.09 Å². The van der Waals surface area contributed by atoms with Crippen LogP contribution in [0.25, 0.3) is 6.08 Å². The van der Waals surface area contributed by atoms with Crippen molar-refractivity contribution in [3.63, 3.8) is 0 Å². The van der Waals surface area contributed by atoms with Gasteiger partial charge in [-0.05, 0) is 56.9 Å². The first-order valence-electron chi connectivity index (χ1n) is 7.44. The summed E-state index contributed by atoms with van der Waals surface area (Å²) in [6.45, 7) is 7.18. The predicted molar refractivity (Wildman–Crippen MR) is 86.5 cm³/mol. The lowest BCUT2D eigenvalue weighted by Gasteiger charge is -2.19. The minimum atomic E-state index is -0.446. The van der Waals surface area contributed by atoms with Crippen molar-refractivity contribution in [2.24, 2.45) is 0 Å². The number of hydrogen-bond donors (Lipinski definition) is 2. The van der Waals surface area contributed by atoms with Crippen LogP contribution in [0.3, 0.4) is 0 Å². The summed E-state index contributed by atoms with van der Waals surface area (Å²) in [7, 11) is 0. The molecule has 0 saturated carbocycles. The Balaban J connectivity index is 1.72. The van der Waals surface area contributed by atoms with Crippen molar-refractivity contribution in [2.75, 3.05) is 18.4 Å². The van der Waals surface area contributed by atoms with Gasteiger partial charge in [0.05, 0.1) is 0 Å². The second kappa shape index (κ2) is 6.66. The van der Waals surface area contributed by atoms with Crippen molar-refractivity contribution in [1.82, 2.24) is 5.32 Å². The summed E-state index contributed by atoms with van der Waals surface area (Å²) in [6, 6.07) is 6.45. The van der Waals surface area contributed by atoms with E-state index >= 15 is 0 Å². The average molecular weight is 288 g/mol.